The van der Waals surface area contributed by atoms with Crippen molar-refractivity contribution in [2.75, 3.05) is 26.2 Å². The molecule has 1 atom stereocenters. The van der Waals surface area contributed by atoms with Gasteiger partial charge in [-0.3, -0.25) is 0 Å². The van der Waals surface area contributed by atoms with Gasteiger partial charge in [0, 0.05) is 13.1 Å². The van der Waals surface area contributed by atoms with Gasteiger partial charge in [-0.05, 0) is 24.4 Å². The second kappa shape index (κ2) is 4.58. The molecule has 76 valence electrons. The number of aliphatic hydroxyl groups is 1. The Bertz CT molecular complexity index is 273. The lowest BCUT2D eigenvalue weighted by Crippen LogP contribution is -2.23. The summed E-state index contributed by atoms with van der Waals surface area (Å²) >= 11 is 0. The van der Waals surface area contributed by atoms with Crippen molar-refractivity contribution in [3.05, 3.63) is 35.9 Å². The van der Waals surface area contributed by atoms with Crippen LogP contribution in [0.4, 0.5) is 0 Å². The van der Waals surface area contributed by atoms with Gasteiger partial charge in [0.1, 0.15) is 0 Å². The monoisotopic (exact) mass is 191 g/mol. The largest absolute Gasteiger partial charge is 0.395 e. The first-order valence-corrected chi connectivity index (χ1v) is 5.28. The van der Waals surface area contributed by atoms with Crippen LogP contribution in [0.1, 0.15) is 17.9 Å². The van der Waals surface area contributed by atoms with E-state index in [1.54, 1.807) is 0 Å². The molecule has 1 aliphatic rings. The predicted molar refractivity (Wildman–Crippen MR) is 57.3 cm³/mol. The fourth-order valence-electron chi connectivity index (χ4n) is 2.17. The van der Waals surface area contributed by atoms with E-state index in [1.165, 1.54) is 12.0 Å². The Balaban J connectivity index is 1.96. The summed E-state index contributed by atoms with van der Waals surface area (Å²) in [5, 5.41) is 8.84. The Kier molecular flexibility index (Phi) is 3.17. The summed E-state index contributed by atoms with van der Waals surface area (Å²) in [5.74, 6) is 0.669. The van der Waals surface area contributed by atoms with Crippen LogP contribution in [-0.4, -0.2) is 36.2 Å². The first-order valence-electron chi connectivity index (χ1n) is 5.28. The van der Waals surface area contributed by atoms with E-state index < -0.39 is 0 Å². The Morgan fingerprint density at radius 3 is 2.79 bits per heavy atom. The quantitative estimate of drug-likeness (QED) is 0.782. The number of hydrogen-bond donors (Lipinski definition) is 1. The van der Waals surface area contributed by atoms with Gasteiger partial charge >= 0.3 is 0 Å². The van der Waals surface area contributed by atoms with Gasteiger partial charge in [0.05, 0.1) is 6.61 Å². The van der Waals surface area contributed by atoms with Crippen molar-refractivity contribution in [3.63, 3.8) is 0 Å². The molecule has 1 heterocycles. The minimum Gasteiger partial charge on any atom is -0.395 e. The van der Waals surface area contributed by atoms with Crippen LogP contribution in [0.15, 0.2) is 30.3 Å². The van der Waals surface area contributed by atoms with Crippen molar-refractivity contribution in [2.24, 2.45) is 0 Å². The van der Waals surface area contributed by atoms with Gasteiger partial charge in [0.15, 0.2) is 0 Å². The van der Waals surface area contributed by atoms with E-state index in [4.69, 9.17) is 5.11 Å². The van der Waals surface area contributed by atoms with Crippen molar-refractivity contribution in [1.82, 2.24) is 4.90 Å². The van der Waals surface area contributed by atoms with Gasteiger partial charge < -0.3 is 10.0 Å². The van der Waals surface area contributed by atoms with E-state index >= 15 is 0 Å². The van der Waals surface area contributed by atoms with Gasteiger partial charge in [-0.2, -0.15) is 0 Å². The topological polar surface area (TPSA) is 23.5 Å². The number of aliphatic hydroxyl groups excluding tert-OH is 1. The molecular formula is C12H17NO. The molecule has 1 saturated heterocycles. The summed E-state index contributed by atoms with van der Waals surface area (Å²) in [7, 11) is 0. The maximum Gasteiger partial charge on any atom is 0.0558 e. The lowest BCUT2D eigenvalue weighted by Gasteiger charge is -2.14. The molecule has 0 amide bonds. The Morgan fingerprint density at radius 1 is 1.29 bits per heavy atom. The molecule has 0 spiro atoms. The molecule has 2 nitrogen and oxygen atoms in total. The van der Waals surface area contributed by atoms with E-state index in [1.807, 2.05) is 0 Å². The predicted octanol–water partition coefficient (Wildman–Crippen LogP) is 1.47. The summed E-state index contributed by atoms with van der Waals surface area (Å²) in [6.45, 7) is 3.33. The van der Waals surface area contributed by atoms with Gasteiger partial charge in [0.25, 0.3) is 0 Å². The third-order valence-corrected chi connectivity index (χ3v) is 2.96. The average molecular weight is 191 g/mol. The van der Waals surface area contributed by atoms with E-state index in [0.717, 1.165) is 19.6 Å². The minimum absolute atomic E-state index is 0.279. The third-order valence-electron chi connectivity index (χ3n) is 2.96. The zero-order valence-electron chi connectivity index (χ0n) is 8.39. The highest BCUT2D eigenvalue weighted by Crippen LogP contribution is 2.26. The maximum atomic E-state index is 8.84. The lowest BCUT2D eigenvalue weighted by atomic mass is 9.99. The molecule has 0 aromatic heterocycles. The summed E-state index contributed by atoms with van der Waals surface area (Å²) in [4.78, 5) is 2.33. The standard InChI is InChI=1S/C12H17NO/c14-9-8-13-7-6-12(10-13)11-4-2-1-3-5-11/h1-5,12,14H,6-10H2/t12-/m1/s1. The molecule has 1 aliphatic heterocycles. The second-order valence-corrected chi connectivity index (χ2v) is 3.92. The van der Waals surface area contributed by atoms with E-state index in [2.05, 4.69) is 35.2 Å². The van der Waals surface area contributed by atoms with Gasteiger partial charge in [-0.15, -0.1) is 0 Å². The fraction of sp³-hybridized carbons (Fsp3) is 0.500. The average Bonchev–Trinajstić information content (AvgIpc) is 2.68. The number of rotatable bonds is 3. The molecule has 0 saturated carbocycles. The molecule has 0 radical (unpaired) electrons. The Morgan fingerprint density at radius 2 is 2.07 bits per heavy atom. The molecule has 1 aromatic rings. The van der Waals surface area contributed by atoms with Crippen LogP contribution < -0.4 is 0 Å². The van der Waals surface area contributed by atoms with Crippen molar-refractivity contribution in [2.45, 2.75) is 12.3 Å². The zero-order valence-corrected chi connectivity index (χ0v) is 8.39. The maximum absolute atomic E-state index is 8.84. The molecular weight excluding hydrogens is 174 g/mol. The number of β-amino-alcohol motifs (C(OH)–C–C–N with tert-alkyl or cyclic N) is 1. The molecule has 0 aliphatic carbocycles. The van der Waals surface area contributed by atoms with E-state index in [9.17, 15) is 0 Å². The lowest BCUT2D eigenvalue weighted by molar-refractivity contribution is 0.220. The smallest absolute Gasteiger partial charge is 0.0558 e. The molecule has 2 heteroatoms. The number of nitrogens with zero attached hydrogens (tertiary/aromatic N) is 1. The van der Waals surface area contributed by atoms with Crippen LogP contribution in [0.5, 0.6) is 0 Å². The highest BCUT2D eigenvalue weighted by atomic mass is 16.3. The Hall–Kier alpha value is -0.860. The highest BCUT2D eigenvalue weighted by Gasteiger charge is 2.22. The first kappa shape index (κ1) is 9.69. The van der Waals surface area contributed by atoms with Crippen molar-refractivity contribution in [1.29, 1.82) is 0 Å². The van der Waals surface area contributed by atoms with E-state index in [-0.39, 0.29) is 6.61 Å². The molecule has 1 fully saturated rings. The van der Waals surface area contributed by atoms with E-state index in [0.29, 0.717) is 5.92 Å². The normalized spacial score (nSPS) is 22.8. The van der Waals surface area contributed by atoms with Gasteiger partial charge in [-0.25, -0.2) is 0 Å². The highest BCUT2D eigenvalue weighted by molar-refractivity contribution is 5.20. The molecule has 2 rings (SSSR count). The van der Waals surface area contributed by atoms with Gasteiger partial charge in [-0.1, -0.05) is 30.3 Å². The SMILES string of the molecule is OCCN1CC[C@@H](c2ccccc2)C1. The van der Waals surface area contributed by atoms with Crippen molar-refractivity contribution >= 4 is 0 Å². The number of benzene rings is 1. The van der Waals surface area contributed by atoms with Crippen LogP contribution in [0.2, 0.25) is 0 Å². The van der Waals surface area contributed by atoms with Crippen LogP contribution in [0.3, 0.4) is 0 Å². The first-order chi connectivity index (χ1) is 6.90. The molecule has 0 bridgehead atoms. The van der Waals surface area contributed by atoms with Crippen LogP contribution in [-0.2, 0) is 0 Å². The number of likely N-dealkylation sites (tertiary alicyclic amines) is 1. The van der Waals surface area contributed by atoms with Crippen molar-refractivity contribution < 1.29 is 5.11 Å². The summed E-state index contributed by atoms with van der Waals surface area (Å²) in [6.07, 6.45) is 1.23. The zero-order chi connectivity index (χ0) is 9.80. The second-order valence-electron chi connectivity index (χ2n) is 3.92. The summed E-state index contributed by atoms with van der Waals surface area (Å²) < 4.78 is 0. The fourth-order valence-corrected chi connectivity index (χ4v) is 2.17. The molecule has 0 unspecified atom stereocenters. The van der Waals surface area contributed by atoms with Crippen LogP contribution >= 0.6 is 0 Å². The Labute approximate surface area is 85.2 Å². The minimum atomic E-state index is 0.279. The summed E-state index contributed by atoms with van der Waals surface area (Å²) in [6, 6.07) is 10.7. The molecule has 14 heavy (non-hydrogen) atoms. The van der Waals surface area contributed by atoms with Crippen LogP contribution in [0.25, 0.3) is 0 Å². The molecule has 1 aromatic carbocycles. The van der Waals surface area contributed by atoms with Crippen LogP contribution in [0, 0.1) is 0 Å². The van der Waals surface area contributed by atoms with Crippen molar-refractivity contribution in [3.8, 4) is 0 Å². The third kappa shape index (κ3) is 2.14. The van der Waals surface area contributed by atoms with Gasteiger partial charge in [0.2, 0.25) is 0 Å². The summed E-state index contributed by atoms with van der Waals surface area (Å²) in [5.41, 5.74) is 1.44. The molecule has 1 N–H and O–H groups in total. The number of hydrogen-bond acceptors (Lipinski definition) is 2.